The second kappa shape index (κ2) is 8.41. The fourth-order valence-corrected chi connectivity index (χ4v) is 3.02. The van der Waals surface area contributed by atoms with Crippen LogP contribution in [-0.4, -0.2) is 15.8 Å². The van der Waals surface area contributed by atoms with Crippen LogP contribution in [-0.2, 0) is 17.8 Å². The lowest BCUT2D eigenvalue weighted by molar-refractivity contribution is -0.384. The Morgan fingerprint density at radius 1 is 1.19 bits per heavy atom. The van der Waals surface area contributed by atoms with Crippen LogP contribution in [0, 0.1) is 17.0 Å². The zero-order valence-corrected chi connectivity index (χ0v) is 15.4. The second-order valence-corrected chi connectivity index (χ2v) is 6.81. The van der Waals surface area contributed by atoms with Crippen LogP contribution in [0.1, 0.15) is 16.3 Å². The molecule has 138 valence electrons. The van der Waals surface area contributed by atoms with E-state index in [4.69, 9.17) is 4.74 Å². The molecule has 0 aliphatic heterocycles. The van der Waals surface area contributed by atoms with E-state index in [1.54, 1.807) is 0 Å². The predicted molar refractivity (Wildman–Crippen MR) is 103 cm³/mol. The van der Waals surface area contributed by atoms with Crippen molar-refractivity contribution in [3.8, 4) is 5.75 Å². The van der Waals surface area contributed by atoms with Crippen molar-refractivity contribution in [2.24, 2.45) is 0 Å². The third-order valence-electron chi connectivity index (χ3n) is 3.69. The van der Waals surface area contributed by atoms with Crippen LogP contribution in [0.3, 0.4) is 0 Å². The van der Waals surface area contributed by atoms with Gasteiger partial charge in [0.25, 0.3) is 5.69 Å². The van der Waals surface area contributed by atoms with Gasteiger partial charge in [-0.3, -0.25) is 14.9 Å². The van der Waals surface area contributed by atoms with E-state index in [0.717, 1.165) is 16.3 Å². The highest BCUT2D eigenvalue weighted by Gasteiger charge is 2.10. The average Bonchev–Trinajstić information content (AvgIpc) is 3.09. The van der Waals surface area contributed by atoms with Crippen LogP contribution >= 0.6 is 11.3 Å². The standard InChI is InChI=1S/C19H17N3O4S/c1-13-2-8-17(9-3-13)26-11-19-21-15(12-27-19)10-18(23)20-14-4-6-16(7-5-14)22(24)25/h2-9,12H,10-11H2,1H3,(H,20,23). The molecule has 0 aliphatic rings. The number of non-ortho nitro benzene ring substituents is 1. The molecule has 3 aromatic rings. The van der Waals surface area contributed by atoms with E-state index in [1.165, 1.54) is 35.6 Å². The molecule has 0 fully saturated rings. The van der Waals surface area contributed by atoms with Crippen LogP contribution in [0.5, 0.6) is 5.75 Å². The first-order valence-corrected chi connectivity index (χ1v) is 9.04. The van der Waals surface area contributed by atoms with E-state index < -0.39 is 4.92 Å². The zero-order chi connectivity index (χ0) is 19.2. The summed E-state index contributed by atoms with van der Waals surface area (Å²) in [7, 11) is 0. The number of hydrogen-bond acceptors (Lipinski definition) is 6. The summed E-state index contributed by atoms with van der Waals surface area (Å²) in [5.41, 5.74) is 2.30. The van der Waals surface area contributed by atoms with Gasteiger partial charge in [-0.25, -0.2) is 4.98 Å². The fraction of sp³-hybridized carbons (Fsp3) is 0.158. The predicted octanol–water partition coefficient (Wildman–Crippen LogP) is 4.12. The van der Waals surface area contributed by atoms with E-state index in [2.05, 4.69) is 10.3 Å². The molecular formula is C19H17N3O4S. The Morgan fingerprint density at radius 2 is 1.89 bits per heavy atom. The highest BCUT2D eigenvalue weighted by Crippen LogP contribution is 2.18. The van der Waals surface area contributed by atoms with Gasteiger partial charge in [-0.1, -0.05) is 17.7 Å². The first-order valence-electron chi connectivity index (χ1n) is 8.16. The van der Waals surface area contributed by atoms with E-state index in [0.29, 0.717) is 18.0 Å². The van der Waals surface area contributed by atoms with E-state index in [-0.39, 0.29) is 18.0 Å². The van der Waals surface area contributed by atoms with Gasteiger partial charge in [0.05, 0.1) is 17.0 Å². The molecule has 0 bridgehead atoms. The first-order chi connectivity index (χ1) is 13.0. The van der Waals surface area contributed by atoms with E-state index in [1.807, 2.05) is 36.6 Å². The van der Waals surface area contributed by atoms with E-state index >= 15 is 0 Å². The number of anilines is 1. The lowest BCUT2D eigenvalue weighted by Gasteiger charge is -2.04. The number of aromatic nitrogens is 1. The molecule has 0 spiro atoms. The Labute approximate surface area is 159 Å². The number of ether oxygens (including phenoxy) is 1. The molecule has 1 aromatic heterocycles. The molecule has 0 aliphatic carbocycles. The molecule has 3 rings (SSSR count). The molecule has 0 saturated carbocycles. The number of aryl methyl sites for hydroxylation is 1. The van der Waals surface area contributed by atoms with Crippen LogP contribution in [0.25, 0.3) is 0 Å². The van der Waals surface area contributed by atoms with Gasteiger partial charge >= 0.3 is 0 Å². The monoisotopic (exact) mass is 383 g/mol. The summed E-state index contributed by atoms with van der Waals surface area (Å²) in [6, 6.07) is 13.5. The molecule has 1 amide bonds. The number of hydrogen-bond donors (Lipinski definition) is 1. The smallest absolute Gasteiger partial charge is 0.269 e. The Hall–Kier alpha value is -3.26. The number of nitrogens with one attached hydrogen (secondary N) is 1. The van der Waals surface area contributed by atoms with Crippen LogP contribution < -0.4 is 10.1 Å². The number of carbonyl (C=O) groups is 1. The molecule has 0 atom stereocenters. The minimum Gasteiger partial charge on any atom is -0.486 e. The van der Waals surface area contributed by atoms with Crippen molar-refractivity contribution in [1.29, 1.82) is 0 Å². The highest BCUT2D eigenvalue weighted by atomic mass is 32.1. The third kappa shape index (κ3) is 5.35. The third-order valence-corrected chi connectivity index (χ3v) is 4.56. The van der Waals surface area contributed by atoms with Crippen molar-refractivity contribution < 1.29 is 14.5 Å². The summed E-state index contributed by atoms with van der Waals surface area (Å²) in [4.78, 5) is 26.7. The fourth-order valence-electron chi connectivity index (χ4n) is 2.31. The van der Waals surface area contributed by atoms with Gasteiger partial charge in [-0.05, 0) is 31.2 Å². The topological polar surface area (TPSA) is 94.4 Å². The summed E-state index contributed by atoms with van der Waals surface area (Å²) >= 11 is 1.43. The lowest BCUT2D eigenvalue weighted by atomic mass is 10.2. The van der Waals surface area contributed by atoms with Crippen molar-refractivity contribution in [3.05, 3.63) is 80.3 Å². The van der Waals surface area contributed by atoms with Crippen molar-refractivity contribution >= 4 is 28.6 Å². The molecule has 0 saturated heterocycles. The zero-order valence-electron chi connectivity index (χ0n) is 14.5. The van der Waals surface area contributed by atoms with Crippen LogP contribution in [0.2, 0.25) is 0 Å². The largest absolute Gasteiger partial charge is 0.486 e. The molecule has 7 nitrogen and oxygen atoms in total. The summed E-state index contributed by atoms with van der Waals surface area (Å²) in [6.45, 7) is 2.36. The summed E-state index contributed by atoms with van der Waals surface area (Å²) in [6.07, 6.45) is 0.123. The number of nitro benzene ring substituents is 1. The van der Waals surface area contributed by atoms with Crippen LogP contribution in [0.4, 0.5) is 11.4 Å². The van der Waals surface area contributed by atoms with Crippen molar-refractivity contribution in [1.82, 2.24) is 4.98 Å². The number of nitrogens with zero attached hydrogens (tertiary/aromatic N) is 2. The Morgan fingerprint density at radius 3 is 2.56 bits per heavy atom. The van der Waals surface area contributed by atoms with Crippen molar-refractivity contribution in [3.63, 3.8) is 0 Å². The lowest BCUT2D eigenvalue weighted by Crippen LogP contribution is -2.14. The second-order valence-electron chi connectivity index (χ2n) is 5.86. The number of thiazole rings is 1. The molecule has 27 heavy (non-hydrogen) atoms. The molecule has 2 aromatic carbocycles. The van der Waals surface area contributed by atoms with Gasteiger partial charge in [0.1, 0.15) is 17.4 Å². The maximum Gasteiger partial charge on any atom is 0.269 e. The number of carbonyl (C=O) groups excluding carboxylic acids is 1. The average molecular weight is 383 g/mol. The normalized spacial score (nSPS) is 10.4. The number of nitro groups is 1. The van der Waals surface area contributed by atoms with Crippen molar-refractivity contribution in [2.45, 2.75) is 20.0 Å². The maximum atomic E-state index is 12.1. The van der Waals surface area contributed by atoms with Crippen LogP contribution in [0.15, 0.2) is 53.9 Å². The Bertz CT molecular complexity index is 936. The van der Waals surface area contributed by atoms with Gasteiger partial charge in [0.2, 0.25) is 5.91 Å². The SMILES string of the molecule is Cc1ccc(OCc2nc(CC(=O)Nc3ccc([N+](=O)[O-])cc3)cs2)cc1. The summed E-state index contributed by atoms with van der Waals surface area (Å²) in [5.74, 6) is 0.536. The molecular weight excluding hydrogens is 366 g/mol. The minimum absolute atomic E-state index is 0.0225. The molecule has 1 N–H and O–H groups in total. The number of rotatable bonds is 7. The summed E-state index contributed by atoms with van der Waals surface area (Å²) < 4.78 is 5.68. The molecule has 0 unspecified atom stereocenters. The first kappa shape index (κ1) is 18.5. The van der Waals surface area contributed by atoms with Gasteiger partial charge < -0.3 is 10.1 Å². The maximum absolute atomic E-state index is 12.1. The quantitative estimate of drug-likeness (QED) is 0.489. The van der Waals surface area contributed by atoms with Gasteiger partial charge in [0, 0.05) is 23.2 Å². The Balaban J connectivity index is 1.51. The molecule has 8 heteroatoms. The molecule has 1 heterocycles. The molecule has 0 radical (unpaired) electrons. The number of amides is 1. The minimum atomic E-state index is -0.485. The number of benzene rings is 2. The highest BCUT2D eigenvalue weighted by molar-refractivity contribution is 7.09. The van der Waals surface area contributed by atoms with Crippen molar-refractivity contribution in [2.75, 3.05) is 5.32 Å². The Kier molecular flexibility index (Phi) is 5.77. The van der Waals surface area contributed by atoms with E-state index in [9.17, 15) is 14.9 Å². The van der Waals surface area contributed by atoms with Gasteiger partial charge in [-0.2, -0.15) is 0 Å². The van der Waals surface area contributed by atoms with Gasteiger partial charge in [-0.15, -0.1) is 11.3 Å². The van der Waals surface area contributed by atoms with Gasteiger partial charge in [0.15, 0.2) is 0 Å². The summed E-state index contributed by atoms with van der Waals surface area (Å²) in [5, 5.41) is 15.9.